The molecule has 2 aromatic carbocycles. The van der Waals surface area contributed by atoms with Gasteiger partial charge in [-0.15, -0.1) is 0 Å². The summed E-state index contributed by atoms with van der Waals surface area (Å²) in [6.07, 6.45) is -0.105. The normalized spacial score (nSPS) is 27.5. The Morgan fingerprint density at radius 2 is 1.88 bits per heavy atom. The van der Waals surface area contributed by atoms with Crippen molar-refractivity contribution in [3.8, 4) is 0 Å². The van der Waals surface area contributed by atoms with Crippen LogP contribution in [0.15, 0.2) is 42.5 Å². The quantitative estimate of drug-likeness (QED) is 0.830. The van der Waals surface area contributed by atoms with Crippen molar-refractivity contribution < 1.29 is 14.3 Å². The number of rotatable bonds is 2. The minimum atomic E-state index is -0.890. The van der Waals surface area contributed by atoms with Crippen molar-refractivity contribution in [2.24, 2.45) is 0 Å². The number of carbonyl (C=O) groups excluding carboxylic acids is 2. The number of nitrogens with one attached hydrogen (secondary N) is 1. The van der Waals surface area contributed by atoms with Gasteiger partial charge in [-0.3, -0.25) is 9.59 Å². The van der Waals surface area contributed by atoms with Crippen molar-refractivity contribution in [3.05, 3.63) is 63.6 Å². The Kier molecular flexibility index (Phi) is 4.30. The summed E-state index contributed by atoms with van der Waals surface area (Å²) in [7, 11) is 1.51. The van der Waals surface area contributed by atoms with Crippen molar-refractivity contribution in [1.82, 2.24) is 0 Å². The van der Waals surface area contributed by atoms with E-state index in [0.717, 1.165) is 11.1 Å². The number of fused-ring (bicyclic) bond motifs is 2. The Balaban J connectivity index is 1.92. The summed E-state index contributed by atoms with van der Waals surface area (Å²) in [5, 5.41) is 4.08. The summed E-state index contributed by atoms with van der Waals surface area (Å²) in [6, 6.07) is 12.8. The van der Waals surface area contributed by atoms with Crippen molar-refractivity contribution >= 4 is 40.6 Å². The van der Waals surface area contributed by atoms with Gasteiger partial charge in [0.2, 0.25) is 5.91 Å². The number of halogens is 2. The lowest BCUT2D eigenvalue weighted by atomic mass is 9.60. The highest BCUT2D eigenvalue weighted by Gasteiger charge is 2.57. The van der Waals surface area contributed by atoms with Crippen molar-refractivity contribution in [3.63, 3.8) is 0 Å². The van der Waals surface area contributed by atoms with Gasteiger partial charge in [0, 0.05) is 35.2 Å². The lowest BCUT2D eigenvalue weighted by Crippen LogP contribution is -2.50. The number of ether oxygens (including phenoxy) is 1. The first-order valence-electron chi connectivity index (χ1n) is 8.38. The predicted octanol–water partition coefficient (Wildman–Crippen LogP) is 4.35. The number of benzene rings is 2. The van der Waals surface area contributed by atoms with E-state index >= 15 is 0 Å². The number of Topliss-reactive ketones (excluding diaryl/α,β-unsaturated/α-hetero) is 1. The second-order valence-electron chi connectivity index (χ2n) is 6.82. The van der Waals surface area contributed by atoms with Crippen LogP contribution in [-0.2, 0) is 19.7 Å². The molecule has 1 N–H and O–H groups in total. The standard InChI is InChI=1S/C20H17Cl2NO3/c1-26-18-10-20(14-6-5-13(22)8-16(14)23-19(20)25)15(9-17(18)24)11-3-2-4-12(21)7-11/h2-8,15,18H,9-10H2,1H3,(H,23,25). The lowest BCUT2D eigenvalue weighted by Gasteiger charge is -2.42. The van der Waals surface area contributed by atoms with Crippen LogP contribution >= 0.6 is 23.2 Å². The van der Waals surface area contributed by atoms with Gasteiger partial charge in [-0.05, 0) is 41.8 Å². The van der Waals surface area contributed by atoms with Crippen LogP contribution in [0.4, 0.5) is 5.69 Å². The number of ketones is 1. The van der Waals surface area contributed by atoms with Crippen LogP contribution in [0.25, 0.3) is 0 Å². The van der Waals surface area contributed by atoms with Crippen molar-refractivity contribution in [2.75, 3.05) is 12.4 Å². The first-order valence-corrected chi connectivity index (χ1v) is 9.14. The first-order chi connectivity index (χ1) is 12.5. The molecule has 1 heterocycles. The topological polar surface area (TPSA) is 55.4 Å². The highest BCUT2D eigenvalue weighted by atomic mass is 35.5. The van der Waals surface area contributed by atoms with E-state index in [1.807, 2.05) is 24.3 Å². The van der Waals surface area contributed by atoms with Gasteiger partial charge in [0.1, 0.15) is 6.10 Å². The van der Waals surface area contributed by atoms with Gasteiger partial charge in [-0.1, -0.05) is 41.4 Å². The minimum Gasteiger partial charge on any atom is -0.374 e. The molecule has 1 aliphatic carbocycles. The van der Waals surface area contributed by atoms with E-state index in [4.69, 9.17) is 27.9 Å². The second-order valence-corrected chi connectivity index (χ2v) is 7.69. The van der Waals surface area contributed by atoms with Gasteiger partial charge < -0.3 is 10.1 Å². The Labute approximate surface area is 161 Å². The largest absolute Gasteiger partial charge is 0.374 e. The number of carbonyl (C=O) groups is 2. The summed E-state index contributed by atoms with van der Waals surface area (Å²) in [6.45, 7) is 0. The highest BCUT2D eigenvalue weighted by molar-refractivity contribution is 6.31. The average molecular weight is 390 g/mol. The molecular weight excluding hydrogens is 373 g/mol. The molecule has 0 radical (unpaired) electrons. The van der Waals surface area contributed by atoms with Gasteiger partial charge in [0.15, 0.2) is 5.78 Å². The Morgan fingerprint density at radius 1 is 1.12 bits per heavy atom. The lowest BCUT2D eigenvalue weighted by molar-refractivity contribution is -0.138. The Morgan fingerprint density at radius 3 is 2.62 bits per heavy atom. The summed E-state index contributed by atoms with van der Waals surface area (Å²) in [5.74, 6) is -0.449. The van der Waals surface area contributed by atoms with Crippen LogP contribution < -0.4 is 5.32 Å². The molecule has 0 aromatic heterocycles. The minimum absolute atomic E-state index is 0.00156. The Hall–Kier alpha value is -1.88. The number of amides is 1. The Bertz CT molecular complexity index is 914. The third-order valence-corrected chi connectivity index (χ3v) is 5.99. The molecule has 1 saturated carbocycles. The maximum absolute atomic E-state index is 13.2. The summed E-state index contributed by atoms with van der Waals surface area (Å²) >= 11 is 12.3. The monoisotopic (exact) mass is 389 g/mol. The van der Waals surface area contributed by atoms with E-state index in [1.54, 1.807) is 18.2 Å². The van der Waals surface area contributed by atoms with E-state index < -0.39 is 11.5 Å². The molecule has 2 aliphatic rings. The maximum Gasteiger partial charge on any atom is 0.235 e. The maximum atomic E-state index is 13.2. The molecule has 6 heteroatoms. The van der Waals surface area contributed by atoms with Crippen molar-refractivity contribution in [2.45, 2.75) is 30.3 Å². The molecule has 26 heavy (non-hydrogen) atoms. The predicted molar refractivity (Wildman–Crippen MR) is 101 cm³/mol. The van der Waals surface area contributed by atoms with E-state index in [9.17, 15) is 9.59 Å². The molecule has 1 spiro atoms. The summed E-state index contributed by atoms with van der Waals surface area (Å²) < 4.78 is 5.40. The van der Waals surface area contributed by atoms with Crippen LogP contribution in [0.1, 0.15) is 29.9 Å². The second kappa shape index (κ2) is 6.38. The van der Waals surface area contributed by atoms with Gasteiger partial charge >= 0.3 is 0 Å². The van der Waals surface area contributed by atoms with Crippen LogP contribution in [0.3, 0.4) is 0 Å². The SMILES string of the molecule is COC1CC2(C(=O)Nc3cc(Cl)ccc32)C(c2cccc(Cl)c2)CC1=O. The van der Waals surface area contributed by atoms with Gasteiger partial charge in [0.05, 0.1) is 5.41 Å². The fourth-order valence-corrected chi connectivity index (χ4v) is 4.68. The van der Waals surface area contributed by atoms with E-state index in [0.29, 0.717) is 22.2 Å². The molecular formula is C20H17Cl2NO3. The van der Waals surface area contributed by atoms with E-state index in [-0.39, 0.29) is 24.0 Å². The molecule has 3 atom stereocenters. The van der Waals surface area contributed by atoms with Crippen LogP contribution in [0.2, 0.25) is 10.0 Å². The molecule has 1 amide bonds. The molecule has 3 unspecified atom stereocenters. The fraction of sp³-hybridized carbons (Fsp3) is 0.300. The molecule has 1 fully saturated rings. The summed E-state index contributed by atoms with van der Waals surface area (Å²) in [5.41, 5.74) is 1.53. The van der Waals surface area contributed by atoms with Crippen LogP contribution in [-0.4, -0.2) is 24.9 Å². The summed E-state index contributed by atoms with van der Waals surface area (Å²) in [4.78, 5) is 25.8. The van der Waals surface area contributed by atoms with Crippen LogP contribution in [0, 0.1) is 0 Å². The number of anilines is 1. The molecule has 4 nitrogen and oxygen atoms in total. The highest BCUT2D eigenvalue weighted by Crippen LogP contribution is 2.54. The first kappa shape index (κ1) is 17.5. The number of methoxy groups -OCH3 is 1. The molecule has 1 aliphatic heterocycles. The average Bonchev–Trinajstić information content (AvgIpc) is 2.88. The number of hydrogen-bond donors (Lipinski definition) is 1. The van der Waals surface area contributed by atoms with Crippen LogP contribution in [0.5, 0.6) is 0 Å². The van der Waals surface area contributed by atoms with Crippen molar-refractivity contribution in [1.29, 1.82) is 0 Å². The molecule has 134 valence electrons. The van der Waals surface area contributed by atoms with Gasteiger partial charge in [-0.25, -0.2) is 0 Å². The third kappa shape index (κ3) is 2.56. The molecule has 2 aromatic rings. The number of hydrogen-bond acceptors (Lipinski definition) is 3. The zero-order valence-electron chi connectivity index (χ0n) is 14.1. The van der Waals surface area contributed by atoms with E-state index in [2.05, 4.69) is 5.32 Å². The zero-order chi connectivity index (χ0) is 18.5. The van der Waals surface area contributed by atoms with E-state index in [1.165, 1.54) is 7.11 Å². The zero-order valence-corrected chi connectivity index (χ0v) is 15.6. The molecule has 4 rings (SSSR count). The van der Waals surface area contributed by atoms with Gasteiger partial charge in [-0.2, -0.15) is 0 Å². The fourth-order valence-electron chi connectivity index (χ4n) is 4.31. The van der Waals surface area contributed by atoms with Gasteiger partial charge in [0.25, 0.3) is 0 Å². The molecule has 0 saturated heterocycles. The molecule has 0 bridgehead atoms. The third-order valence-electron chi connectivity index (χ3n) is 5.52. The smallest absolute Gasteiger partial charge is 0.235 e.